The van der Waals surface area contributed by atoms with Crippen LogP contribution in [-0.2, 0) is 22.5 Å². The SMILES string of the molecule is COC(=O)c1ccc(CN(C)C(=O)CCc2ncc(-c3ccccc3)o2)cc1. The molecular formula is C22H22N2O4. The van der Waals surface area contributed by atoms with Gasteiger partial charge in [0.2, 0.25) is 5.91 Å². The number of aryl methyl sites for hydroxylation is 1. The van der Waals surface area contributed by atoms with Crippen LogP contribution < -0.4 is 0 Å². The maximum Gasteiger partial charge on any atom is 0.337 e. The minimum atomic E-state index is -0.378. The Bertz CT molecular complexity index is 933. The number of rotatable bonds is 7. The first-order chi connectivity index (χ1) is 13.6. The van der Waals surface area contributed by atoms with Crippen LogP contribution in [0.1, 0.15) is 28.2 Å². The Morgan fingerprint density at radius 1 is 1.07 bits per heavy atom. The van der Waals surface area contributed by atoms with E-state index < -0.39 is 0 Å². The summed E-state index contributed by atoms with van der Waals surface area (Å²) >= 11 is 0. The standard InChI is InChI=1S/C22H22N2O4/c1-24(15-16-8-10-18(11-9-16)22(26)27-2)21(25)13-12-20-23-14-19(28-20)17-6-4-3-5-7-17/h3-11,14H,12-13,15H2,1-2H3. The van der Waals surface area contributed by atoms with Crippen LogP contribution in [0.5, 0.6) is 0 Å². The van der Waals surface area contributed by atoms with E-state index in [2.05, 4.69) is 9.72 Å². The van der Waals surface area contributed by atoms with Gasteiger partial charge < -0.3 is 14.1 Å². The quantitative estimate of drug-likeness (QED) is 0.586. The summed E-state index contributed by atoms with van der Waals surface area (Å²) < 4.78 is 10.4. The van der Waals surface area contributed by atoms with E-state index in [4.69, 9.17) is 4.42 Å². The van der Waals surface area contributed by atoms with Crippen LogP contribution in [-0.4, -0.2) is 35.9 Å². The molecule has 0 unspecified atom stereocenters. The molecule has 0 aliphatic rings. The van der Waals surface area contributed by atoms with E-state index in [1.165, 1.54) is 7.11 Å². The third-order valence-corrected chi connectivity index (χ3v) is 4.39. The molecule has 0 bridgehead atoms. The van der Waals surface area contributed by atoms with Crippen LogP contribution in [0.25, 0.3) is 11.3 Å². The number of esters is 1. The van der Waals surface area contributed by atoms with Crippen molar-refractivity contribution in [1.82, 2.24) is 9.88 Å². The van der Waals surface area contributed by atoms with Crippen molar-refractivity contribution in [3.63, 3.8) is 0 Å². The van der Waals surface area contributed by atoms with Gasteiger partial charge in [-0.15, -0.1) is 0 Å². The molecule has 1 heterocycles. The van der Waals surface area contributed by atoms with Crippen molar-refractivity contribution in [3.05, 3.63) is 77.8 Å². The molecule has 0 fully saturated rings. The molecule has 2 aromatic carbocycles. The third kappa shape index (κ3) is 4.85. The minimum Gasteiger partial charge on any atom is -0.465 e. The number of oxazole rings is 1. The highest BCUT2D eigenvalue weighted by Gasteiger charge is 2.13. The second-order valence-corrected chi connectivity index (χ2v) is 6.42. The van der Waals surface area contributed by atoms with Gasteiger partial charge in [-0.2, -0.15) is 0 Å². The highest BCUT2D eigenvalue weighted by atomic mass is 16.5. The zero-order valence-corrected chi connectivity index (χ0v) is 15.9. The second-order valence-electron chi connectivity index (χ2n) is 6.42. The van der Waals surface area contributed by atoms with Crippen molar-refractivity contribution in [2.45, 2.75) is 19.4 Å². The van der Waals surface area contributed by atoms with Crippen molar-refractivity contribution < 1.29 is 18.7 Å². The lowest BCUT2D eigenvalue weighted by molar-refractivity contribution is -0.130. The van der Waals surface area contributed by atoms with E-state index in [0.29, 0.717) is 36.6 Å². The molecule has 3 rings (SSSR count). The van der Waals surface area contributed by atoms with Crippen molar-refractivity contribution in [2.24, 2.45) is 0 Å². The van der Waals surface area contributed by atoms with Crippen LogP contribution >= 0.6 is 0 Å². The average Bonchev–Trinajstić information content (AvgIpc) is 3.21. The van der Waals surface area contributed by atoms with Gasteiger partial charge in [0.1, 0.15) is 0 Å². The lowest BCUT2D eigenvalue weighted by Crippen LogP contribution is -2.26. The number of carbonyl (C=O) groups is 2. The molecule has 0 atom stereocenters. The van der Waals surface area contributed by atoms with E-state index in [0.717, 1.165) is 11.1 Å². The molecule has 1 aromatic heterocycles. The summed E-state index contributed by atoms with van der Waals surface area (Å²) in [4.78, 5) is 29.8. The summed E-state index contributed by atoms with van der Waals surface area (Å²) in [5, 5.41) is 0. The predicted molar refractivity (Wildman–Crippen MR) is 105 cm³/mol. The zero-order chi connectivity index (χ0) is 19.9. The average molecular weight is 378 g/mol. The molecule has 6 heteroatoms. The number of hydrogen-bond acceptors (Lipinski definition) is 5. The molecule has 0 saturated carbocycles. The first-order valence-electron chi connectivity index (χ1n) is 8.98. The van der Waals surface area contributed by atoms with Gasteiger partial charge in [-0.3, -0.25) is 4.79 Å². The first kappa shape index (κ1) is 19.4. The Labute approximate surface area is 163 Å². The Balaban J connectivity index is 1.52. The van der Waals surface area contributed by atoms with Gasteiger partial charge in [-0.05, 0) is 17.7 Å². The summed E-state index contributed by atoms with van der Waals surface area (Å²) in [5.41, 5.74) is 2.38. The molecule has 0 aliphatic heterocycles. The summed E-state index contributed by atoms with van der Waals surface area (Å²) in [6.45, 7) is 0.459. The lowest BCUT2D eigenvalue weighted by atomic mass is 10.1. The molecule has 3 aromatic rings. The van der Waals surface area contributed by atoms with E-state index in [-0.39, 0.29) is 11.9 Å². The number of hydrogen-bond donors (Lipinski definition) is 0. The number of nitrogens with zero attached hydrogens (tertiary/aromatic N) is 2. The monoisotopic (exact) mass is 378 g/mol. The van der Waals surface area contributed by atoms with Crippen molar-refractivity contribution >= 4 is 11.9 Å². The van der Waals surface area contributed by atoms with Gasteiger partial charge in [0.15, 0.2) is 11.7 Å². The minimum absolute atomic E-state index is 0.00324. The second kappa shape index (κ2) is 8.99. The molecule has 0 N–H and O–H groups in total. The Morgan fingerprint density at radius 2 is 1.79 bits per heavy atom. The molecule has 0 spiro atoms. The van der Waals surface area contributed by atoms with Crippen LogP contribution in [0, 0.1) is 0 Å². The number of methoxy groups -OCH3 is 1. The number of carbonyl (C=O) groups excluding carboxylic acids is 2. The van der Waals surface area contributed by atoms with Crippen LogP contribution in [0.3, 0.4) is 0 Å². The van der Waals surface area contributed by atoms with Gasteiger partial charge in [0, 0.05) is 32.0 Å². The Hall–Kier alpha value is -3.41. The summed E-state index contributed by atoms with van der Waals surface area (Å²) in [7, 11) is 3.10. The molecule has 144 valence electrons. The molecule has 0 radical (unpaired) electrons. The largest absolute Gasteiger partial charge is 0.465 e. The molecule has 0 saturated heterocycles. The fraction of sp³-hybridized carbons (Fsp3) is 0.227. The molecule has 6 nitrogen and oxygen atoms in total. The number of aromatic nitrogens is 1. The topological polar surface area (TPSA) is 72.6 Å². The number of ether oxygens (including phenoxy) is 1. The summed E-state index contributed by atoms with van der Waals surface area (Å²) in [6.07, 6.45) is 2.44. The van der Waals surface area contributed by atoms with Gasteiger partial charge in [0.05, 0.1) is 18.9 Å². The predicted octanol–water partition coefficient (Wildman–Crippen LogP) is 3.72. The van der Waals surface area contributed by atoms with Gasteiger partial charge in [-0.1, -0.05) is 42.5 Å². The smallest absolute Gasteiger partial charge is 0.337 e. The van der Waals surface area contributed by atoms with Crippen LogP contribution in [0.2, 0.25) is 0 Å². The zero-order valence-electron chi connectivity index (χ0n) is 15.9. The normalized spacial score (nSPS) is 10.5. The lowest BCUT2D eigenvalue weighted by Gasteiger charge is -2.17. The molecular weight excluding hydrogens is 356 g/mol. The van der Waals surface area contributed by atoms with E-state index in [1.807, 2.05) is 42.5 Å². The van der Waals surface area contributed by atoms with E-state index in [9.17, 15) is 9.59 Å². The van der Waals surface area contributed by atoms with Crippen LogP contribution in [0.15, 0.2) is 65.2 Å². The van der Waals surface area contributed by atoms with E-state index in [1.54, 1.807) is 30.3 Å². The van der Waals surface area contributed by atoms with Crippen molar-refractivity contribution in [3.8, 4) is 11.3 Å². The van der Waals surface area contributed by atoms with Crippen molar-refractivity contribution in [2.75, 3.05) is 14.2 Å². The Morgan fingerprint density at radius 3 is 2.46 bits per heavy atom. The molecule has 28 heavy (non-hydrogen) atoms. The fourth-order valence-electron chi connectivity index (χ4n) is 2.79. The van der Waals surface area contributed by atoms with Gasteiger partial charge in [0.25, 0.3) is 0 Å². The highest BCUT2D eigenvalue weighted by Crippen LogP contribution is 2.20. The van der Waals surface area contributed by atoms with Gasteiger partial charge >= 0.3 is 5.97 Å². The number of amides is 1. The fourth-order valence-corrected chi connectivity index (χ4v) is 2.79. The Kier molecular flexibility index (Phi) is 6.22. The summed E-state index contributed by atoms with van der Waals surface area (Å²) in [5.74, 6) is 0.860. The summed E-state index contributed by atoms with van der Waals surface area (Å²) in [6, 6.07) is 16.7. The maximum absolute atomic E-state index is 12.4. The number of benzene rings is 2. The molecule has 0 aliphatic carbocycles. The first-order valence-corrected chi connectivity index (χ1v) is 8.98. The van der Waals surface area contributed by atoms with Crippen molar-refractivity contribution in [1.29, 1.82) is 0 Å². The highest BCUT2D eigenvalue weighted by molar-refractivity contribution is 5.89. The van der Waals surface area contributed by atoms with E-state index >= 15 is 0 Å². The third-order valence-electron chi connectivity index (χ3n) is 4.39. The van der Waals surface area contributed by atoms with Crippen LogP contribution in [0.4, 0.5) is 0 Å². The van der Waals surface area contributed by atoms with Gasteiger partial charge in [-0.25, -0.2) is 9.78 Å². The molecule has 1 amide bonds. The maximum atomic E-state index is 12.4.